The molecule has 1 N–H and O–H groups in total. The maximum atomic E-state index is 5.71. The zero-order valence-corrected chi connectivity index (χ0v) is 14.4. The lowest BCUT2D eigenvalue weighted by Crippen LogP contribution is -2.14. The van der Waals surface area contributed by atoms with Crippen LogP contribution in [-0.2, 0) is 13.1 Å². The molecule has 0 aliphatic carbocycles. The van der Waals surface area contributed by atoms with Gasteiger partial charge in [-0.2, -0.15) is 0 Å². The summed E-state index contributed by atoms with van der Waals surface area (Å²) < 4.78 is 7.71. The average Bonchev–Trinajstić information content (AvgIpc) is 2.43. The molecule has 0 aliphatic rings. The minimum Gasteiger partial charge on any atom is -0.492 e. The van der Waals surface area contributed by atoms with E-state index in [9.17, 15) is 0 Å². The van der Waals surface area contributed by atoms with Gasteiger partial charge < -0.3 is 10.1 Å². The molecule has 0 radical (unpaired) electrons. The fourth-order valence-electron chi connectivity index (χ4n) is 1.89. The average molecular weight is 400 g/mol. The SMILES string of the molecule is CCOc1c(Br)cc(Br)cc1CNCc1ccncc1. The first-order valence-electron chi connectivity index (χ1n) is 6.41. The Labute approximate surface area is 136 Å². The van der Waals surface area contributed by atoms with Crippen LogP contribution in [0.2, 0.25) is 0 Å². The molecule has 0 spiro atoms. The Morgan fingerprint density at radius 1 is 1.15 bits per heavy atom. The molecule has 20 heavy (non-hydrogen) atoms. The van der Waals surface area contributed by atoms with E-state index in [2.05, 4.69) is 48.2 Å². The number of hydrogen-bond donors (Lipinski definition) is 1. The second kappa shape index (κ2) is 7.76. The van der Waals surface area contributed by atoms with E-state index in [0.717, 1.165) is 33.3 Å². The Kier molecular flexibility index (Phi) is 6.01. The third-order valence-electron chi connectivity index (χ3n) is 2.77. The molecule has 0 atom stereocenters. The van der Waals surface area contributed by atoms with E-state index < -0.39 is 0 Å². The third kappa shape index (κ3) is 4.30. The molecule has 106 valence electrons. The Balaban J connectivity index is 2.05. The Bertz CT molecular complexity index is 561. The van der Waals surface area contributed by atoms with E-state index in [4.69, 9.17) is 4.74 Å². The maximum Gasteiger partial charge on any atom is 0.138 e. The fraction of sp³-hybridized carbons (Fsp3) is 0.267. The van der Waals surface area contributed by atoms with Crippen LogP contribution in [0.5, 0.6) is 5.75 Å². The normalized spacial score (nSPS) is 10.6. The molecule has 3 nitrogen and oxygen atoms in total. The van der Waals surface area contributed by atoms with Gasteiger partial charge in [-0.15, -0.1) is 0 Å². The summed E-state index contributed by atoms with van der Waals surface area (Å²) in [7, 11) is 0. The molecule has 0 bridgehead atoms. The van der Waals surface area contributed by atoms with Crippen molar-refractivity contribution in [2.75, 3.05) is 6.61 Å². The molecular formula is C15H16Br2N2O. The standard InChI is InChI=1S/C15H16Br2N2O/c1-2-20-15-12(7-13(16)8-14(15)17)10-19-9-11-3-5-18-6-4-11/h3-8,19H,2,9-10H2,1H3. The van der Waals surface area contributed by atoms with Crippen molar-refractivity contribution in [3.8, 4) is 5.75 Å². The molecule has 2 rings (SSSR count). The van der Waals surface area contributed by atoms with Gasteiger partial charge >= 0.3 is 0 Å². The topological polar surface area (TPSA) is 34.1 Å². The summed E-state index contributed by atoms with van der Waals surface area (Å²) in [6.07, 6.45) is 3.61. The smallest absolute Gasteiger partial charge is 0.138 e. The van der Waals surface area contributed by atoms with Crippen molar-refractivity contribution in [3.05, 3.63) is 56.7 Å². The molecule has 0 saturated carbocycles. The molecule has 1 heterocycles. The van der Waals surface area contributed by atoms with E-state index in [1.165, 1.54) is 5.56 Å². The van der Waals surface area contributed by atoms with Crippen LogP contribution >= 0.6 is 31.9 Å². The van der Waals surface area contributed by atoms with Crippen molar-refractivity contribution in [3.63, 3.8) is 0 Å². The Hall–Kier alpha value is -0.910. The van der Waals surface area contributed by atoms with Crippen LogP contribution in [0.1, 0.15) is 18.1 Å². The zero-order valence-electron chi connectivity index (χ0n) is 11.2. The van der Waals surface area contributed by atoms with Crippen molar-refractivity contribution >= 4 is 31.9 Å². The zero-order chi connectivity index (χ0) is 14.4. The highest BCUT2D eigenvalue weighted by atomic mass is 79.9. The molecule has 1 aromatic carbocycles. The van der Waals surface area contributed by atoms with Gasteiger partial charge in [0.05, 0.1) is 11.1 Å². The van der Waals surface area contributed by atoms with Crippen LogP contribution in [0.25, 0.3) is 0 Å². The second-order valence-electron chi connectivity index (χ2n) is 4.27. The van der Waals surface area contributed by atoms with Gasteiger partial charge in [-0.3, -0.25) is 4.98 Å². The van der Waals surface area contributed by atoms with Gasteiger partial charge in [0.1, 0.15) is 5.75 Å². The van der Waals surface area contributed by atoms with Crippen LogP contribution in [0.3, 0.4) is 0 Å². The first kappa shape index (κ1) is 15.5. The lowest BCUT2D eigenvalue weighted by atomic mass is 10.2. The predicted molar refractivity (Wildman–Crippen MR) is 87.8 cm³/mol. The number of ether oxygens (including phenoxy) is 1. The number of nitrogens with one attached hydrogen (secondary N) is 1. The molecule has 0 amide bonds. The summed E-state index contributed by atoms with van der Waals surface area (Å²) in [6, 6.07) is 8.09. The van der Waals surface area contributed by atoms with Gasteiger partial charge in [0.25, 0.3) is 0 Å². The predicted octanol–water partition coefficient (Wildman–Crippen LogP) is 4.30. The van der Waals surface area contributed by atoms with Crippen molar-refractivity contribution in [1.29, 1.82) is 0 Å². The van der Waals surface area contributed by atoms with Crippen molar-refractivity contribution in [1.82, 2.24) is 10.3 Å². The summed E-state index contributed by atoms with van der Waals surface area (Å²) >= 11 is 7.06. The number of aromatic nitrogens is 1. The molecule has 0 fully saturated rings. The van der Waals surface area contributed by atoms with Crippen LogP contribution in [0, 0.1) is 0 Å². The minimum atomic E-state index is 0.650. The fourth-order valence-corrected chi connectivity index (χ4v) is 3.32. The third-order valence-corrected chi connectivity index (χ3v) is 3.81. The Morgan fingerprint density at radius 3 is 2.60 bits per heavy atom. The largest absolute Gasteiger partial charge is 0.492 e. The summed E-state index contributed by atoms with van der Waals surface area (Å²) in [4.78, 5) is 4.01. The van der Waals surface area contributed by atoms with Crippen LogP contribution in [-0.4, -0.2) is 11.6 Å². The first-order chi connectivity index (χ1) is 9.70. The lowest BCUT2D eigenvalue weighted by Gasteiger charge is -2.13. The number of pyridine rings is 1. The van der Waals surface area contributed by atoms with Gasteiger partial charge in [-0.25, -0.2) is 0 Å². The highest BCUT2D eigenvalue weighted by molar-refractivity contribution is 9.11. The highest BCUT2D eigenvalue weighted by Gasteiger charge is 2.09. The van der Waals surface area contributed by atoms with E-state index in [1.807, 2.05) is 25.1 Å². The molecule has 1 aromatic heterocycles. The van der Waals surface area contributed by atoms with Gasteiger partial charge in [0, 0.05) is 35.5 Å². The van der Waals surface area contributed by atoms with Crippen LogP contribution < -0.4 is 10.1 Å². The summed E-state index contributed by atoms with van der Waals surface area (Å²) in [5.74, 6) is 0.901. The summed E-state index contributed by atoms with van der Waals surface area (Å²) in [5.41, 5.74) is 2.34. The molecule has 5 heteroatoms. The van der Waals surface area contributed by atoms with Gasteiger partial charge in [-0.05, 0) is 52.7 Å². The molecule has 0 unspecified atom stereocenters. The first-order valence-corrected chi connectivity index (χ1v) is 7.99. The molecule has 2 aromatic rings. The molecule has 0 saturated heterocycles. The van der Waals surface area contributed by atoms with Crippen molar-refractivity contribution in [2.45, 2.75) is 20.0 Å². The number of rotatable bonds is 6. The van der Waals surface area contributed by atoms with E-state index in [-0.39, 0.29) is 0 Å². The highest BCUT2D eigenvalue weighted by Crippen LogP contribution is 2.33. The molecular weight excluding hydrogens is 384 g/mol. The van der Waals surface area contributed by atoms with Crippen LogP contribution in [0.15, 0.2) is 45.6 Å². The summed E-state index contributed by atoms with van der Waals surface area (Å²) in [5, 5.41) is 3.42. The van der Waals surface area contributed by atoms with E-state index in [0.29, 0.717) is 6.61 Å². The quantitative estimate of drug-likeness (QED) is 0.786. The lowest BCUT2D eigenvalue weighted by molar-refractivity contribution is 0.333. The van der Waals surface area contributed by atoms with E-state index in [1.54, 1.807) is 12.4 Å². The van der Waals surface area contributed by atoms with Crippen molar-refractivity contribution in [2.24, 2.45) is 0 Å². The Morgan fingerprint density at radius 2 is 1.90 bits per heavy atom. The number of benzene rings is 1. The number of nitrogens with zero attached hydrogens (tertiary/aromatic N) is 1. The molecule has 0 aliphatic heterocycles. The monoisotopic (exact) mass is 398 g/mol. The van der Waals surface area contributed by atoms with Crippen LogP contribution in [0.4, 0.5) is 0 Å². The number of halogens is 2. The van der Waals surface area contributed by atoms with Gasteiger partial charge in [-0.1, -0.05) is 15.9 Å². The maximum absolute atomic E-state index is 5.71. The van der Waals surface area contributed by atoms with Crippen molar-refractivity contribution < 1.29 is 4.74 Å². The van der Waals surface area contributed by atoms with Gasteiger partial charge in [0.15, 0.2) is 0 Å². The summed E-state index contributed by atoms with van der Waals surface area (Å²) in [6.45, 7) is 4.19. The minimum absolute atomic E-state index is 0.650. The second-order valence-corrected chi connectivity index (χ2v) is 6.04. The van der Waals surface area contributed by atoms with E-state index >= 15 is 0 Å². The number of hydrogen-bond acceptors (Lipinski definition) is 3. The van der Waals surface area contributed by atoms with Gasteiger partial charge in [0.2, 0.25) is 0 Å².